The largest absolute Gasteiger partial charge is 0.498 e. The summed E-state index contributed by atoms with van der Waals surface area (Å²) in [5.74, 6) is 1.68. The van der Waals surface area contributed by atoms with Gasteiger partial charge in [-0.15, -0.1) is 0 Å². The second-order valence-electron chi connectivity index (χ2n) is 8.95. The van der Waals surface area contributed by atoms with E-state index in [1.165, 1.54) is 0 Å². The lowest BCUT2D eigenvalue weighted by atomic mass is 9.82. The molecule has 2 N–H and O–H groups in total. The van der Waals surface area contributed by atoms with E-state index in [0.717, 1.165) is 79.5 Å². The summed E-state index contributed by atoms with van der Waals surface area (Å²) in [7, 11) is 0. The molecule has 3 aliphatic rings. The minimum absolute atomic E-state index is 0.163. The fourth-order valence-corrected chi connectivity index (χ4v) is 4.96. The number of nitrogens with zero attached hydrogens (tertiary/aromatic N) is 3. The number of anilines is 1. The number of carbonyl (C=O) groups is 1. The number of hydrogen-bond acceptors (Lipinski definition) is 6. The van der Waals surface area contributed by atoms with E-state index >= 15 is 0 Å². The summed E-state index contributed by atoms with van der Waals surface area (Å²) in [6.07, 6.45) is 9.06. The number of piperidine rings is 1. The van der Waals surface area contributed by atoms with Crippen molar-refractivity contribution < 1.29 is 19.4 Å². The molecule has 2 fully saturated rings. The topological polar surface area (TPSA) is 101 Å². The first kappa shape index (κ1) is 21.0. The van der Waals surface area contributed by atoms with E-state index in [1.807, 2.05) is 19.2 Å². The number of aromatic amines is 1. The molecule has 5 rings (SSSR count). The lowest BCUT2D eigenvalue weighted by Crippen LogP contribution is -2.50. The zero-order valence-electron chi connectivity index (χ0n) is 18.5. The maximum atomic E-state index is 11.2. The number of carboxylic acids is 1. The van der Waals surface area contributed by atoms with Crippen LogP contribution in [0, 0.1) is 5.92 Å². The highest BCUT2D eigenvalue weighted by molar-refractivity contribution is 5.70. The first-order chi connectivity index (χ1) is 15.5. The van der Waals surface area contributed by atoms with Crippen molar-refractivity contribution in [1.82, 2.24) is 15.0 Å². The third kappa shape index (κ3) is 4.11. The van der Waals surface area contributed by atoms with Crippen LogP contribution in [0.5, 0.6) is 0 Å². The van der Waals surface area contributed by atoms with Crippen LogP contribution in [0.25, 0.3) is 17.5 Å². The van der Waals surface area contributed by atoms with Gasteiger partial charge >= 0.3 is 5.97 Å². The fraction of sp³-hybridized carbons (Fsp3) is 0.542. The summed E-state index contributed by atoms with van der Waals surface area (Å²) < 4.78 is 11.7. The third-order valence-corrected chi connectivity index (χ3v) is 6.97. The van der Waals surface area contributed by atoms with Crippen molar-refractivity contribution in [3.8, 4) is 11.4 Å². The Bertz CT molecular complexity index is 996. The van der Waals surface area contributed by atoms with Gasteiger partial charge in [0.1, 0.15) is 11.6 Å². The molecule has 1 spiro atoms. The normalized spacial score (nSPS) is 22.3. The molecule has 1 aliphatic carbocycles. The van der Waals surface area contributed by atoms with Crippen molar-refractivity contribution in [2.75, 3.05) is 31.2 Å². The van der Waals surface area contributed by atoms with Crippen molar-refractivity contribution in [1.29, 1.82) is 0 Å². The molecule has 0 amide bonds. The maximum Gasteiger partial charge on any atom is 0.308 e. The number of fused-ring (bicyclic) bond motifs is 1. The molecular weight excluding hydrogens is 408 g/mol. The Balaban J connectivity index is 1.22. The molecule has 8 heteroatoms. The molecule has 0 radical (unpaired) electrons. The van der Waals surface area contributed by atoms with Crippen molar-refractivity contribution in [3.63, 3.8) is 0 Å². The van der Waals surface area contributed by atoms with Crippen molar-refractivity contribution in [2.24, 2.45) is 5.92 Å². The number of pyridine rings is 1. The lowest BCUT2D eigenvalue weighted by Gasteiger charge is -2.45. The van der Waals surface area contributed by atoms with E-state index in [4.69, 9.17) is 19.4 Å². The van der Waals surface area contributed by atoms with Crippen LogP contribution >= 0.6 is 0 Å². The molecule has 2 saturated heterocycles. The molecule has 0 aromatic carbocycles. The highest BCUT2D eigenvalue weighted by Gasteiger charge is 2.41. The number of aromatic nitrogens is 3. The Kier molecular flexibility index (Phi) is 5.63. The Labute approximate surface area is 187 Å². The van der Waals surface area contributed by atoms with Crippen LogP contribution < -0.4 is 4.90 Å². The standard InChI is InChI=1S/C24H30N4O4/c1-2-31-18-4-5-19-20(13-18)27-22(26-19)16-3-6-21(25-14-16)28-11-9-24(10-12-28)8-7-17(15-32-24)23(29)30/h3,6,13-14,17H,2,4-5,7-12,15H2,1H3,(H,26,27)(H,29,30). The van der Waals surface area contributed by atoms with Crippen LogP contribution in [0.4, 0.5) is 5.82 Å². The summed E-state index contributed by atoms with van der Waals surface area (Å²) in [6.45, 7) is 4.74. The average molecular weight is 439 g/mol. The van der Waals surface area contributed by atoms with Gasteiger partial charge in [-0.2, -0.15) is 0 Å². The predicted molar refractivity (Wildman–Crippen MR) is 120 cm³/mol. The molecule has 8 nitrogen and oxygen atoms in total. The number of rotatable bonds is 5. The number of aliphatic carboxylic acids is 1. The maximum absolute atomic E-state index is 11.2. The summed E-state index contributed by atoms with van der Waals surface area (Å²) in [5, 5.41) is 9.19. The quantitative estimate of drug-likeness (QED) is 0.735. The number of imidazole rings is 1. The van der Waals surface area contributed by atoms with Gasteiger partial charge in [-0.25, -0.2) is 9.97 Å². The van der Waals surface area contributed by atoms with Crippen LogP contribution in [-0.2, 0) is 20.7 Å². The smallest absolute Gasteiger partial charge is 0.308 e. The number of allylic oxidation sites excluding steroid dienone is 1. The Hall–Kier alpha value is -2.87. The number of aryl methyl sites for hydroxylation is 1. The van der Waals surface area contributed by atoms with E-state index in [9.17, 15) is 9.90 Å². The SMILES string of the molecule is CCOC1=Cc2nc(-c3ccc(N4CCC5(CCC(C(=O)O)CO5)CC4)nc3)[nH]c2CC1. The molecule has 170 valence electrons. The van der Waals surface area contributed by atoms with Gasteiger partial charge in [0.25, 0.3) is 0 Å². The molecule has 2 aliphatic heterocycles. The van der Waals surface area contributed by atoms with Gasteiger partial charge in [-0.3, -0.25) is 4.79 Å². The lowest BCUT2D eigenvalue weighted by molar-refractivity contribution is -0.158. The van der Waals surface area contributed by atoms with Gasteiger partial charge in [0.2, 0.25) is 0 Å². The molecule has 1 atom stereocenters. The molecular formula is C24H30N4O4. The molecule has 0 bridgehead atoms. The van der Waals surface area contributed by atoms with E-state index in [2.05, 4.69) is 22.0 Å². The number of hydrogen-bond donors (Lipinski definition) is 2. The summed E-state index contributed by atoms with van der Waals surface area (Å²) in [5.41, 5.74) is 2.91. The van der Waals surface area contributed by atoms with Crippen molar-refractivity contribution in [3.05, 3.63) is 35.5 Å². The number of ether oxygens (including phenoxy) is 2. The minimum Gasteiger partial charge on any atom is -0.498 e. The predicted octanol–water partition coefficient (Wildman–Crippen LogP) is 3.65. The zero-order valence-corrected chi connectivity index (χ0v) is 18.5. The molecule has 1 unspecified atom stereocenters. The first-order valence-corrected chi connectivity index (χ1v) is 11.6. The molecule has 4 heterocycles. The van der Waals surface area contributed by atoms with Gasteiger partial charge in [0.15, 0.2) is 0 Å². The van der Waals surface area contributed by atoms with Gasteiger partial charge in [-0.1, -0.05) is 0 Å². The van der Waals surface area contributed by atoms with Crippen molar-refractivity contribution in [2.45, 2.75) is 51.0 Å². The summed E-state index contributed by atoms with van der Waals surface area (Å²) in [6, 6.07) is 4.12. The number of nitrogens with one attached hydrogen (secondary N) is 1. The summed E-state index contributed by atoms with van der Waals surface area (Å²) >= 11 is 0. The molecule has 2 aromatic heterocycles. The Morgan fingerprint density at radius 3 is 2.81 bits per heavy atom. The first-order valence-electron chi connectivity index (χ1n) is 11.6. The molecule has 2 aromatic rings. The number of H-pyrrole nitrogens is 1. The second-order valence-corrected chi connectivity index (χ2v) is 8.95. The van der Waals surface area contributed by atoms with Crippen LogP contribution in [0.15, 0.2) is 24.1 Å². The van der Waals surface area contributed by atoms with E-state index in [0.29, 0.717) is 19.6 Å². The highest BCUT2D eigenvalue weighted by atomic mass is 16.5. The monoisotopic (exact) mass is 438 g/mol. The van der Waals surface area contributed by atoms with Gasteiger partial charge in [0.05, 0.1) is 36.2 Å². The van der Waals surface area contributed by atoms with Crippen LogP contribution in [-0.4, -0.2) is 57.9 Å². The second kappa shape index (κ2) is 8.58. The summed E-state index contributed by atoms with van der Waals surface area (Å²) in [4.78, 5) is 26.4. The zero-order chi connectivity index (χ0) is 22.1. The highest BCUT2D eigenvalue weighted by Crippen LogP contribution is 2.37. The Morgan fingerprint density at radius 2 is 2.16 bits per heavy atom. The van der Waals surface area contributed by atoms with Gasteiger partial charge in [0, 0.05) is 43.0 Å². The van der Waals surface area contributed by atoms with Crippen LogP contribution in [0.2, 0.25) is 0 Å². The van der Waals surface area contributed by atoms with E-state index < -0.39 is 5.97 Å². The van der Waals surface area contributed by atoms with Crippen molar-refractivity contribution >= 4 is 17.9 Å². The fourth-order valence-electron chi connectivity index (χ4n) is 4.96. The number of carboxylic acid groups (broad SMARTS) is 1. The molecule has 0 saturated carbocycles. The average Bonchev–Trinajstić information content (AvgIpc) is 3.24. The van der Waals surface area contributed by atoms with Crippen LogP contribution in [0.1, 0.15) is 50.4 Å². The third-order valence-electron chi connectivity index (χ3n) is 6.97. The van der Waals surface area contributed by atoms with Gasteiger partial charge in [-0.05, 0) is 51.2 Å². The molecule has 32 heavy (non-hydrogen) atoms. The van der Waals surface area contributed by atoms with Crippen LogP contribution in [0.3, 0.4) is 0 Å². The van der Waals surface area contributed by atoms with E-state index in [1.54, 1.807) is 0 Å². The van der Waals surface area contributed by atoms with E-state index in [-0.39, 0.29) is 11.5 Å². The Morgan fingerprint density at radius 1 is 1.31 bits per heavy atom. The minimum atomic E-state index is -0.746. The van der Waals surface area contributed by atoms with Gasteiger partial charge < -0.3 is 24.5 Å².